The molecule has 0 saturated carbocycles. The molecule has 1 fully saturated rings. The van der Waals surface area contributed by atoms with Crippen LogP contribution >= 0.6 is 11.3 Å². The predicted octanol–water partition coefficient (Wildman–Crippen LogP) is 3.65. The summed E-state index contributed by atoms with van der Waals surface area (Å²) in [4.78, 5) is 42.6. The number of piperazine rings is 1. The number of hydrogen-bond acceptors (Lipinski definition) is 8. The van der Waals surface area contributed by atoms with E-state index in [1.807, 2.05) is 46.8 Å². The van der Waals surface area contributed by atoms with Gasteiger partial charge in [-0.2, -0.15) is 5.10 Å². The summed E-state index contributed by atoms with van der Waals surface area (Å²) < 4.78 is 1.73. The normalized spacial score (nSPS) is 14.6. The molecule has 2 amide bonds. The molecule has 0 aromatic carbocycles. The largest absolute Gasteiger partial charge is 0.353 e. The van der Waals surface area contributed by atoms with Gasteiger partial charge in [-0.15, -0.1) is 11.3 Å². The highest BCUT2D eigenvalue weighted by molar-refractivity contribution is 7.13. The first-order valence-electron chi connectivity index (χ1n) is 13.8. The summed E-state index contributed by atoms with van der Waals surface area (Å²) in [6, 6.07) is 9.89. The molecule has 11 heteroatoms. The molecular formula is C29H36N8O2S. The van der Waals surface area contributed by atoms with E-state index in [1.54, 1.807) is 29.0 Å². The van der Waals surface area contributed by atoms with E-state index in [2.05, 4.69) is 41.0 Å². The van der Waals surface area contributed by atoms with Gasteiger partial charge in [-0.05, 0) is 49.7 Å². The van der Waals surface area contributed by atoms with E-state index in [9.17, 15) is 9.59 Å². The average Bonchev–Trinajstić information content (AvgIpc) is 3.66. The van der Waals surface area contributed by atoms with Crippen LogP contribution in [0.15, 0.2) is 48.1 Å². The van der Waals surface area contributed by atoms with Gasteiger partial charge >= 0.3 is 0 Å². The highest BCUT2D eigenvalue weighted by Crippen LogP contribution is 2.29. The number of amides is 2. The van der Waals surface area contributed by atoms with Crippen LogP contribution in [0, 0.1) is 0 Å². The minimum Gasteiger partial charge on any atom is -0.353 e. The maximum Gasteiger partial charge on any atom is 0.251 e. The third kappa shape index (κ3) is 5.85. The lowest BCUT2D eigenvalue weighted by atomic mass is 10.1. The second-order valence-electron chi connectivity index (χ2n) is 9.99. The van der Waals surface area contributed by atoms with Crippen molar-refractivity contribution in [3.05, 3.63) is 53.7 Å². The molecule has 1 N–H and O–H groups in total. The van der Waals surface area contributed by atoms with Crippen LogP contribution in [-0.2, 0) is 4.79 Å². The number of rotatable bonds is 9. The van der Waals surface area contributed by atoms with Crippen molar-refractivity contribution in [2.24, 2.45) is 0 Å². The molecular weight excluding hydrogens is 524 g/mol. The Kier molecular flexibility index (Phi) is 8.41. The Hall–Kier alpha value is -3.83. The molecule has 0 unspecified atom stereocenters. The van der Waals surface area contributed by atoms with Gasteiger partial charge in [0.25, 0.3) is 5.91 Å². The summed E-state index contributed by atoms with van der Waals surface area (Å²) in [5.74, 6) is 0.633. The number of hydrogen-bond donors (Lipinski definition) is 1. The van der Waals surface area contributed by atoms with Gasteiger partial charge in [0, 0.05) is 57.4 Å². The minimum atomic E-state index is -0.144. The van der Waals surface area contributed by atoms with E-state index in [-0.39, 0.29) is 17.9 Å². The molecule has 10 nitrogen and oxygen atoms in total. The SMILES string of the molecule is CCN(CC)[C@@H](C)CNC(=O)c1cc(-c2cnn3ccc(-c4cccs4)nc23)nc(N2CCN(C(C)=O)CC2)c1. The number of pyridine rings is 1. The van der Waals surface area contributed by atoms with Gasteiger partial charge < -0.3 is 15.1 Å². The van der Waals surface area contributed by atoms with Crippen molar-refractivity contribution in [3.63, 3.8) is 0 Å². The molecule has 1 saturated heterocycles. The molecule has 5 rings (SSSR count). The van der Waals surface area contributed by atoms with Crippen LogP contribution in [0.5, 0.6) is 0 Å². The van der Waals surface area contributed by atoms with Crippen LogP contribution in [0.2, 0.25) is 0 Å². The number of aromatic nitrogens is 4. The quantitative estimate of drug-likeness (QED) is 0.334. The van der Waals surface area contributed by atoms with Gasteiger partial charge in [0.15, 0.2) is 5.65 Å². The lowest BCUT2D eigenvalue weighted by Gasteiger charge is -2.35. The van der Waals surface area contributed by atoms with Gasteiger partial charge in [-0.25, -0.2) is 14.5 Å². The Balaban J connectivity index is 1.50. The van der Waals surface area contributed by atoms with E-state index in [4.69, 9.17) is 9.97 Å². The maximum absolute atomic E-state index is 13.5. The van der Waals surface area contributed by atoms with E-state index in [0.717, 1.165) is 29.2 Å². The van der Waals surface area contributed by atoms with Crippen LogP contribution in [0.1, 0.15) is 38.1 Å². The molecule has 4 aromatic heterocycles. The fraction of sp³-hybridized carbons (Fsp3) is 0.414. The number of fused-ring (bicyclic) bond motifs is 1. The molecule has 4 aromatic rings. The zero-order chi connectivity index (χ0) is 28.2. The third-order valence-electron chi connectivity index (χ3n) is 7.54. The highest BCUT2D eigenvalue weighted by Gasteiger charge is 2.23. The lowest BCUT2D eigenvalue weighted by Crippen LogP contribution is -2.48. The number of anilines is 1. The zero-order valence-electron chi connectivity index (χ0n) is 23.5. The lowest BCUT2D eigenvalue weighted by molar-refractivity contribution is -0.129. The van der Waals surface area contributed by atoms with Gasteiger partial charge in [0.2, 0.25) is 5.91 Å². The summed E-state index contributed by atoms with van der Waals surface area (Å²) in [5, 5.41) is 9.67. The predicted molar refractivity (Wildman–Crippen MR) is 159 cm³/mol. The molecule has 1 aliphatic heterocycles. The fourth-order valence-corrected chi connectivity index (χ4v) is 5.82. The zero-order valence-corrected chi connectivity index (χ0v) is 24.3. The van der Waals surface area contributed by atoms with Crippen LogP contribution in [0.3, 0.4) is 0 Å². The van der Waals surface area contributed by atoms with Crippen molar-refractivity contribution in [2.75, 3.05) is 50.7 Å². The van der Waals surface area contributed by atoms with Gasteiger partial charge in [-0.3, -0.25) is 14.5 Å². The van der Waals surface area contributed by atoms with Crippen molar-refractivity contribution < 1.29 is 9.59 Å². The standard InChI is InChI=1S/C29H36N8O2S/c1-5-34(6-2)20(3)18-30-29(39)22-16-25(32-27(17-22)36-13-11-35(12-14-36)21(4)38)23-19-31-37-10-9-24(33-28(23)37)26-8-7-15-40-26/h7-10,15-17,19-20H,5-6,11-14,18H2,1-4H3,(H,30,39)/t20-/m0/s1. The number of nitrogens with zero attached hydrogens (tertiary/aromatic N) is 7. The molecule has 0 spiro atoms. The minimum absolute atomic E-state index is 0.0720. The van der Waals surface area contributed by atoms with E-state index >= 15 is 0 Å². The van der Waals surface area contributed by atoms with Crippen LogP contribution in [0.25, 0.3) is 27.5 Å². The Morgan fingerprint density at radius 2 is 1.85 bits per heavy atom. The first-order valence-corrected chi connectivity index (χ1v) is 14.7. The number of likely N-dealkylation sites (N-methyl/N-ethyl adjacent to an activating group) is 1. The Labute approximate surface area is 238 Å². The Bertz CT molecular complexity index is 1470. The van der Waals surface area contributed by atoms with Gasteiger partial charge in [-0.1, -0.05) is 19.9 Å². The number of carbonyl (C=O) groups excluding carboxylic acids is 2. The van der Waals surface area contributed by atoms with Gasteiger partial charge in [0.1, 0.15) is 5.82 Å². The number of thiophene rings is 1. The first-order chi connectivity index (χ1) is 19.4. The molecule has 0 bridgehead atoms. The summed E-state index contributed by atoms with van der Waals surface area (Å²) >= 11 is 1.63. The Morgan fingerprint density at radius 1 is 1.07 bits per heavy atom. The smallest absolute Gasteiger partial charge is 0.251 e. The molecule has 40 heavy (non-hydrogen) atoms. The molecule has 1 atom stereocenters. The van der Waals surface area contributed by atoms with E-state index in [0.29, 0.717) is 55.4 Å². The van der Waals surface area contributed by atoms with Crippen LogP contribution in [-0.4, -0.2) is 93.1 Å². The molecule has 0 radical (unpaired) electrons. The van der Waals surface area contributed by atoms with Crippen molar-refractivity contribution in [1.82, 2.24) is 34.7 Å². The molecule has 0 aliphatic carbocycles. The fourth-order valence-electron chi connectivity index (χ4n) is 5.13. The molecule has 210 valence electrons. The van der Waals surface area contributed by atoms with E-state index < -0.39 is 0 Å². The summed E-state index contributed by atoms with van der Waals surface area (Å²) in [7, 11) is 0. The van der Waals surface area contributed by atoms with Crippen molar-refractivity contribution in [2.45, 2.75) is 33.7 Å². The Morgan fingerprint density at radius 3 is 2.52 bits per heavy atom. The van der Waals surface area contributed by atoms with E-state index in [1.165, 1.54) is 0 Å². The topological polar surface area (TPSA) is 99.0 Å². The number of carbonyl (C=O) groups is 2. The van der Waals surface area contributed by atoms with Crippen molar-refractivity contribution in [3.8, 4) is 21.8 Å². The van der Waals surface area contributed by atoms with Crippen molar-refractivity contribution in [1.29, 1.82) is 0 Å². The highest BCUT2D eigenvalue weighted by atomic mass is 32.1. The summed E-state index contributed by atoms with van der Waals surface area (Å²) in [6.45, 7) is 12.9. The molecule has 5 heterocycles. The van der Waals surface area contributed by atoms with Gasteiger partial charge in [0.05, 0.1) is 28.0 Å². The molecule has 1 aliphatic rings. The summed E-state index contributed by atoms with van der Waals surface area (Å²) in [5.41, 5.74) is 3.48. The monoisotopic (exact) mass is 560 g/mol. The second kappa shape index (κ2) is 12.1. The first kappa shape index (κ1) is 27.7. The van der Waals surface area contributed by atoms with Crippen molar-refractivity contribution >= 4 is 34.6 Å². The maximum atomic E-state index is 13.5. The second-order valence-corrected chi connectivity index (χ2v) is 10.9. The van der Waals surface area contributed by atoms with Crippen LogP contribution in [0.4, 0.5) is 5.82 Å². The average molecular weight is 561 g/mol. The number of nitrogens with one attached hydrogen (secondary N) is 1. The van der Waals surface area contributed by atoms with Crippen LogP contribution < -0.4 is 10.2 Å². The third-order valence-corrected chi connectivity index (χ3v) is 8.43. The summed E-state index contributed by atoms with van der Waals surface area (Å²) in [6.07, 6.45) is 3.65.